The maximum absolute atomic E-state index is 14.5. The lowest BCUT2D eigenvalue weighted by molar-refractivity contribution is -0.386. The Kier molecular flexibility index (Phi) is 6.59. The van der Waals surface area contributed by atoms with Gasteiger partial charge in [-0.25, -0.2) is 13.9 Å². The van der Waals surface area contributed by atoms with E-state index in [1.807, 2.05) is 0 Å². The quantitative estimate of drug-likeness (QED) is 0.211. The molecule has 1 aromatic carbocycles. The maximum atomic E-state index is 14.5. The summed E-state index contributed by atoms with van der Waals surface area (Å²) in [6.45, 7) is 2.79. The number of nitrogens with one attached hydrogen (secondary N) is 1. The average Bonchev–Trinajstić information content (AvgIpc) is 3.38. The van der Waals surface area contributed by atoms with Crippen LogP contribution >= 0.6 is 0 Å². The zero-order chi connectivity index (χ0) is 28.0. The van der Waals surface area contributed by atoms with Gasteiger partial charge in [0.25, 0.3) is 5.91 Å². The second-order valence-electron chi connectivity index (χ2n) is 8.16. The molecule has 0 aliphatic carbocycles. The van der Waals surface area contributed by atoms with E-state index in [1.165, 1.54) is 18.5 Å². The van der Waals surface area contributed by atoms with Crippen molar-refractivity contribution in [2.75, 3.05) is 6.54 Å². The van der Waals surface area contributed by atoms with E-state index in [-0.39, 0.29) is 45.9 Å². The van der Waals surface area contributed by atoms with Gasteiger partial charge < -0.3 is 5.32 Å². The van der Waals surface area contributed by atoms with E-state index in [9.17, 15) is 41.3 Å². The molecular formula is C22H17F6N7O3. The number of halogens is 6. The van der Waals surface area contributed by atoms with E-state index in [0.717, 1.165) is 30.3 Å². The summed E-state index contributed by atoms with van der Waals surface area (Å²) in [6, 6.07) is 5.66. The average molecular weight is 541 g/mol. The first-order valence-corrected chi connectivity index (χ1v) is 10.8. The predicted molar refractivity (Wildman–Crippen MR) is 119 cm³/mol. The van der Waals surface area contributed by atoms with Gasteiger partial charge in [-0.1, -0.05) is 0 Å². The number of alkyl halides is 5. The van der Waals surface area contributed by atoms with Gasteiger partial charge in [0.1, 0.15) is 22.9 Å². The van der Waals surface area contributed by atoms with E-state index in [2.05, 4.69) is 20.5 Å². The Hall–Kier alpha value is -4.50. The molecule has 0 aliphatic rings. The molecule has 0 fully saturated rings. The van der Waals surface area contributed by atoms with Gasteiger partial charge in [-0.15, -0.1) is 0 Å². The van der Waals surface area contributed by atoms with Crippen molar-refractivity contribution in [3.63, 3.8) is 0 Å². The van der Waals surface area contributed by atoms with Crippen molar-refractivity contribution in [1.82, 2.24) is 29.7 Å². The number of hydrogen-bond donors (Lipinski definition) is 1. The largest absolute Gasteiger partial charge is 0.459 e. The second-order valence-corrected chi connectivity index (χ2v) is 8.16. The Balaban J connectivity index is 1.66. The molecule has 38 heavy (non-hydrogen) atoms. The lowest BCUT2D eigenvalue weighted by atomic mass is 10.1. The molecule has 16 heteroatoms. The summed E-state index contributed by atoms with van der Waals surface area (Å²) in [6.07, 6.45) is -5.99. The number of aryl methyl sites for hydroxylation is 1. The highest BCUT2D eigenvalue weighted by Crippen LogP contribution is 2.44. The Bertz CT molecular complexity index is 1540. The molecule has 4 aromatic rings. The van der Waals surface area contributed by atoms with Crippen molar-refractivity contribution in [1.29, 1.82) is 0 Å². The molecule has 3 heterocycles. The summed E-state index contributed by atoms with van der Waals surface area (Å²) in [4.78, 5) is 27.2. The van der Waals surface area contributed by atoms with Crippen molar-refractivity contribution in [3.8, 4) is 11.3 Å². The minimum atomic E-state index is -5.99. The molecule has 3 aromatic heterocycles. The van der Waals surface area contributed by atoms with Crippen LogP contribution in [0, 0.1) is 29.8 Å². The number of hydrogen-bond acceptors (Lipinski definition) is 6. The number of amides is 1. The molecule has 0 atom stereocenters. The molecule has 10 nitrogen and oxygen atoms in total. The van der Waals surface area contributed by atoms with Gasteiger partial charge in [0.05, 0.1) is 17.2 Å². The van der Waals surface area contributed by atoms with Gasteiger partial charge >= 0.3 is 17.8 Å². The second kappa shape index (κ2) is 9.42. The molecule has 0 saturated carbocycles. The lowest BCUT2D eigenvalue weighted by Crippen LogP contribution is -2.36. The van der Waals surface area contributed by atoms with Gasteiger partial charge in [-0.2, -0.15) is 32.1 Å². The summed E-state index contributed by atoms with van der Waals surface area (Å²) in [5.74, 6) is -6.95. The highest BCUT2D eigenvalue weighted by Gasteiger charge is 2.60. The molecule has 0 radical (unpaired) electrons. The number of fused-ring (bicyclic) bond motifs is 1. The highest BCUT2D eigenvalue weighted by atomic mass is 19.4. The van der Waals surface area contributed by atoms with Gasteiger partial charge in [0, 0.05) is 18.2 Å². The van der Waals surface area contributed by atoms with Crippen LogP contribution in [0.15, 0.2) is 36.4 Å². The number of carbonyl (C=O) groups excluding carboxylic acids is 1. The summed E-state index contributed by atoms with van der Waals surface area (Å²) in [5.41, 5.74) is -2.63. The number of benzene rings is 1. The molecule has 1 N–H and O–H groups in total. The van der Waals surface area contributed by atoms with Crippen molar-refractivity contribution >= 4 is 17.2 Å². The standard InChI is InChI=1S/C22H17F6N7O3/c1-11-19(35(37)38)12(2)33(31-11)8-7-29-20(36)16-10-18-30-15(13-3-5-14(23)6-4-13)9-17(34(18)32-16)21(24,25)22(26,27)28/h3-6,9-10H,7-8H2,1-2H3,(H,29,36). The van der Waals surface area contributed by atoms with Crippen LogP contribution in [0.2, 0.25) is 0 Å². The third kappa shape index (κ3) is 4.76. The Labute approximate surface area is 209 Å². The Morgan fingerprint density at radius 2 is 1.74 bits per heavy atom. The fourth-order valence-corrected chi connectivity index (χ4v) is 3.76. The fourth-order valence-electron chi connectivity index (χ4n) is 3.76. The van der Waals surface area contributed by atoms with Gasteiger partial charge in [0.2, 0.25) is 0 Å². The van der Waals surface area contributed by atoms with E-state index < -0.39 is 45.8 Å². The topological polar surface area (TPSA) is 120 Å². The van der Waals surface area contributed by atoms with Crippen LogP contribution in [-0.4, -0.2) is 47.9 Å². The third-order valence-electron chi connectivity index (χ3n) is 5.61. The molecule has 0 saturated heterocycles. The van der Waals surface area contributed by atoms with Crippen molar-refractivity contribution in [2.24, 2.45) is 0 Å². The lowest BCUT2D eigenvalue weighted by Gasteiger charge is -2.21. The predicted octanol–water partition coefficient (Wildman–Crippen LogP) is 4.34. The highest BCUT2D eigenvalue weighted by molar-refractivity contribution is 5.93. The minimum absolute atomic E-state index is 0.00395. The van der Waals surface area contributed by atoms with Gasteiger partial charge in [-0.3, -0.25) is 19.6 Å². The maximum Gasteiger partial charge on any atom is 0.459 e. The molecule has 0 bridgehead atoms. The van der Waals surface area contributed by atoms with Crippen molar-refractivity contribution < 1.29 is 36.1 Å². The molecule has 4 rings (SSSR count). The van der Waals surface area contributed by atoms with Crippen LogP contribution in [0.5, 0.6) is 0 Å². The Morgan fingerprint density at radius 3 is 2.32 bits per heavy atom. The third-order valence-corrected chi connectivity index (χ3v) is 5.61. The molecule has 1 amide bonds. The van der Waals surface area contributed by atoms with Crippen LogP contribution in [0.25, 0.3) is 16.9 Å². The van der Waals surface area contributed by atoms with Crippen molar-refractivity contribution in [2.45, 2.75) is 32.5 Å². The summed E-state index contributed by atoms with van der Waals surface area (Å²) in [7, 11) is 0. The molecule has 200 valence electrons. The SMILES string of the molecule is Cc1nn(CCNC(=O)c2cc3nc(-c4ccc(F)cc4)cc(C(F)(F)C(F)(F)F)n3n2)c(C)c1[N+](=O)[O-]. The fraction of sp³-hybridized carbons (Fsp3) is 0.273. The molecule has 0 unspecified atom stereocenters. The van der Waals surface area contributed by atoms with Crippen LogP contribution in [-0.2, 0) is 12.5 Å². The van der Waals surface area contributed by atoms with Crippen LogP contribution in [0.3, 0.4) is 0 Å². The van der Waals surface area contributed by atoms with Crippen molar-refractivity contribution in [3.05, 3.63) is 75.1 Å². The number of rotatable bonds is 7. The Morgan fingerprint density at radius 1 is 1.08 bits per heavy atom. The van der Waals surface area contributed by atoms with Crippen LogP contribution in [0.4, 0.5) is 32.0 Å². The normalized spacial score (nSPS) is 12.2. The zero-order valence-corrected chi connectivity index (χ0v) is 19.6. The summed E-state index contributed by atoms with van der Waals surface area (Å²) < 4.78 is 83.4. The van der Waals surface area contributed by atoms with E-state index >= 15 is 0 Å². The molecule has 0 aliphatic heterocycles. The summed E-state index contributed by atoms with van der Waals surface area (Å²) in [5, 5.41) is 21.2. The molecular weight excluding hydrogens is 524 g/mol. The number of aromatic nitrogens is 5. The summed E-state index contributed by atoms with van der Waals surface area (Å²) >= 11 is 0. The number of nitro groups is 1. The van der Waals surface area contributed by atoms with Crippen LogP contribution < -0.4 is 5.32 Å². The van der Waals surface area contributed by atoms with E-state index in [1.54, 1.807) is 0 Å². The first kappa shape index (κ1) is 26.6. The minimum Gasteiger partial charge on any atom is -0.349 e. The first-order valence-electron chi connectivity index (χ1n) is 10.8. The van der Waals surface area contributed by atoms with Gasteiger partial charge in [0.15, 0.2) is 11.3 Å². The molecule has 0 spiro atoms. The first-order chi connectivity index (χ1) is 17.7. The zero-order valence-electron chi connectivity index (χ0n) is 19.6. The van der Waals surface area contributed by atoms with Gasteiger partial charge in [-0.05, 0) is 44.2 Å². The number of carbonyl (C=O) groups is 1. The van der Waals surface area contributed by atoms with Crippen LogP contribution in [0.1, 0.15) is 27.6 Å². The van der Waals surface area contributed by atoms with E-state index in [4.69, 9.17) is 0 Å². The number of nitrogens with zero attached hydrogens (tertiary/aromatic N) is 6. The monoisotopic (exact) mass is 541 g/mol. The van der Waals surface area contributed by atoms with E-state index in [0.29, 0.717) is 6.07 Å². The smallest absolute Gasteiger partial charge is 0.349 e.